The van der Waals surface area contributed by atoms with Crippen molar-refractivity contribution in [2.75, 3.05) is 14.2 Å². The van der Waals surface area contributed by atoms with Crippen molar-refractivity contribution in [3.8, 4) is 5.75 Å². The first-order chi connectivity index (χ1) is 13.3. The number of nitrogens with zero attached hydrogens (tertiary/aromatic N) is 1. The van der Waals surface area contributed by atoms with Gasteiger partial charge in [-0.25, -0.2) is 4.79 Å². The topological polar surface area (TPSA) is 55.8 Å². The lowest BCUT2D eigenvalue weighted by atomic mass is 9.78. The quantitative estimate of drug-likeness (QED) is 0.646. The van der Waals surface area contributed by atoms with Gasteiger partial charge >= 0.3 is 12.1 Å². The van der Waals surface area contributed by atoms with Crippen LogP contribution in [0.2, 0.25) is 0 Å². The van der Waals surface area contributed by atoms with Gasteiger partial charge in [-0.15, -0.1) is 0 Å². The van der Waals surface area contributed by atoms with Crippen molar-refractivity contribution in [1.29, 1.82) is 0 Å². The van der Waals surface area contributed by atoms with Crippen LogP contribution in [0.5, 0.6) is 5.75 Å². The zero-order chi connectivity index (χ0) is 20.7. The number of benzene rings is 2. The smallest absolute Gasteiger partial charge is 0.415 e. The molecule has 0 radical (unpaired) electrons. The summed E-state index contributed by atoms with van der Waals surface area (Å²) < 4.78 is 10.2. The van der Waals surface area contributed by atoms with Crippen LogP contribution in [0, 0.1) is 0 Å². The minimum absolute atomic E-state index is 0.142. The van der Waals surface area contributed by atoms with Gasteiger partial charge in [0.25, 0.3) is 0 Å². The molecule has 0 aliphatic rings. The van der Waals surface area contributed by atoms with Crippen LogP contribution in [0.25, 0.3) is 0 Å². The molecule has 0 aromatic heterocycles. The lowest BCUT2D eigenvalue weighted by molar-refractivity contribution is -0.141. The highest BCUT2D eigenvalue weighted by atomic mass is 16.6. The zero-order valence-electron chi connectivity index (χ0n) is 17.3. The van der Waals surface area contributed by atoms with E-state index in [1.165, 1.54) is 17.6 Å². The second-order valence-electron chi connectivity index (χ2n) is 7.34. The van der Waals surface area contributed by atoms with E-state index in [2.05, 4.69) is 26.0 Å². The van der Waals surface area contributed by atoms with E-state index in [9.17, 15) is 9.59 Å². The highest BCUT2D eigenvalue weighted by Crippen LogP contribution is 2.32. The largest absolute Gasteiger partial charge is 0.469 e. The summed E-state index contributed by atoms with van der Waals surface area (Å²) in [6.07, 6.45) is 0.277. The molecule has 5 nitrogen and oxygen atoms in total. The summed E-state index contributed by atoms with van der Waals surface area (Å²) in [5.74, 6) is 0.122. The van der Waals surface area contributed by atoms with Crippen LogP contribution in [0.15, 0.2) is 54.6 Å². The summed E-state index contributed by atoms with van der Waals surface area (Å²) in [6.45, 7) is 6.24. The average molecular weight is 383 g/mol. The Kier molecular flexibility index (Phi) is 7.21. The van der Waals surface area contributed by atoms with E-state index < -0.39 is 6.09 Å². The first-order valence-electron chi connectivity index (χ1n) is 9.47. The van der Waals surface area contributed by atoms with Crippen molar-refractivity contribution in [3.05, 3.63) is 65.7 Å². The van der Waals surface area contributed by atoms with Crippen molar-refractivity contribution in [1.82, 2.24) is 4.90 Å². The fourth-order valence-electron chi connectivity index (χ4n) is 3.11. The molecule has 0 saturated heterocycles. The van der Waals surface area contributed by atoms with E-state index in [0.29, 0.717) is 12.2 Å². The van der Waals surface area contributed by atoms with E-state index in [0.717, 1.165) is 5.56 Å². The summed E-state index contributed by atoms with van der Waals surface area (Å²) in [7, 11) is 2.97. The number of esters is 1. The third kappa shape index (κ3) is 5.12. The van der Waals surface area contributed by atoms with Crippen LogP contribution in [0.4, 0.5) is 4.79 Å². The van der Waals surface area contributed by atoms with Crippen LogP contribution in [0.1, 0.15) is 44.7 Å². The molecule has 0 N–H and O–H groups in total. The predicted molar refractivity (Wildman–Crippen MR) is 110 cm³/mol. The van der Waals surface area contributed by atoms with Crippen molar-refractivity contribution in [3.63, 3.8) is 0 Å². The highest BCUT2D eigenvalue weighted by Gasteiger charge is 2.25. The van der Waals surface area contributed by atoms with Gasteiger partial charge < -0.3 is 14.4 Å². The number of hydrogen-bond donors (Lipinski definition) is 0. The average Bonchev–Trinajstić information content (AvgIpc) is 2.72. The number of methoxy groups -OCH3 is 1. The second kappa shape index (κ2) is 9.40. The maximum Gasteiger partial charge on any atom is 0.415 e. The Morgan fingerprint density at radius 3 is 2.11 bits per heavy atom. The minimum atomic E-state index is -0.495. The molecule has 2 rings (SSSR count). The van der Waals surface area contributed by atoms with Gasteiger partial charge in [0.1, 0.15) is 5.75 Å². The molecule has 0 heterocycles. The van der Waals surface area contributed by atoms with Crippen LogP contribution in [-0.4, -0.2) is 37.2 Å². The summed E-state index contributed by atoms with van der Waals surface area (Å²) in [6, 6.07) is 17.6. The summed E-state index contributed by atoms with van der Waals surface area (Å²) in [5, 5.41) is 0. The number of hydrogen-bond acceptors (Lipinski definition) is 4. The van der Waals surface area contributed by atoms with Gasteiger partial charge in [-0.1, -0.05) is 63.2 Å². The summed E-state index contributed by atoms with van der Waals surface area (Å²) >= 11 is 0. The molecule has 0 fully saturated rings. The normalized spacial score (nSPS) is 12.2. The van der Waals surface area contributed by atoms with Gasteiger partial charge in [0.2, 0.25) is 0 Å². The van der Waals surface area contributed by atoms with E-state index in [-0.39, 0.29) is 23.8 Å². The fraction of sp³-hybridized carbons (Fsp3) is 0.391. The molecule has 1 unspecified atom stereocenters. The van der Waals surface area contributed by atoms with E-state index in [1.807, 2.05) is 37.3 Å². The van der Waals surface area contributed by atoms with Gasteiger partial charge in [-0.2, -0.15) is 0 Å². The van der Waals surface area contributed by atoms with Crippen LogP contribution in [0.3, 0.4) is 0 Å². The first kappa shape index (κ1) is 21.5. The molecule has 150 valence electrons. The molecule has 2 aromatic carbocycles. The van der Waals surface area contributed by atoms with E-state index >= 15 is 0 Å². The number of ether oxygens (including phenoxy) is 2. The van der Waals surface area contributed by atoms with Gasteiger partial charge in [0.05, 0.1) is 13.5 Å². The number of amides is 1. The Morgan fingerprint density at radius 2 is 1.57 bits per heavy atom. The lowest BCUT2D eigenvalue weighted by Crippen LogP contribution is -2.40. The van der Waals surface area contributed by atoms with Crippen molar-refractivity contribution in [2.24, 2.45) is 0 Å². The molecular weight excluding hydrogens is 354 g/mol. The van der Waals surface area contributed by atoms with Crippen LogP contribution < -0.4 is 4.74 Å². The lowest BCUT2D eigenvalue weighted by Gasteiger charge is -2.27. The number of rotatable bonds is 7. The van der Waals surface area contributed by atoms with Crippen LogP contribution in [-0.2, 0) is 14.9 Å². The Labute approximate surface area is 167 Å². The van der Waals surface area contributed by atoms with Gasteiger partial charge in [0.15, 0.2) is 0 Å². The Balaban J connectivity index is 2.07. The molecule has 0 spiro atoms. The van der Waals surface area contributed by atoms with Gasteiger partial charge in [-0.3, -0.25) is 4.79 Å². The third-order valence-electron chi connectivity index (χ3n) is 5.21. The first-order valence-corrected chi connectivity index (χ1v) is 9.47. The fourth-order valence-corrected chi connectivity index (χ4v) is 3.11. The molecule has 0 aliphatic heterocycles. The molecule has 1 amide bonds. The highest BCUT2D eigenvalue weighted by molar-refractivity contribution is 5.74. The zero-order valence-corrected chi connectivity index (χ0v) is 17.3. The predicted octanol–water partition coefficient (Wildman–Crippen LogP) is 4.78. The molecule has 28 heavy (non-hydrogen) atoms. The molecule has 0 bridgehead atoms. The maximum absolute atomic E-state index is 12.4. The van der Waals surface area contributed by atoms with Gasteiger partial charge in [-0.05, 0) is 29.7 Å². The molecule has 1 atom stereocenters. The minimum Gasteiger partial charge on any atom is -0.469 e. The van der Waals surface area contributed by atoms with E-state index in [1.54, 1.807) is 19.2 Å². The molecule has 0 saturated carbocycles. The third-order valence-corrected chi connectivity index (χ3v) is 5.21. The Hall–Kier alpha value is -2.82. The Morgan fingerprint density at radius 1 is 1.00 bits per heavy atom. The monoisotopic (exact) mass is 383 g/mol. The number of carbonyl (C=O) groups is 2. The molecule has 5 heteroatoms. The van der Waals surface area contributed by atoms with Crippen molar-refractivity contribution < 1.29 is 19.1 Å². The van der Waals surface area contributed by atoms with Crippen molar-refractivity contribution in [2.45, 2.75) is 45.1 Å². The van der Waals surface area contributed by atoms with Crippen LogP contribution >= 0.6 is 0 Å². The van der Waals surface area contributed by atoms with E-state index in [4.69, 9.17) is 9.47 Å². The summed E-state index contributed by atoms with van der Waals surface area (Å²) in [4.78, 5) is 25.4. The second-order valence-corrected chi connectivity index (χ2v) is 7.34. The van der Waals surface area contributed by atoms with Crippen molar-refractivity contribution >= 4 is 12.1 Å². The molecule has 0 aliphatic carbocycles. The summed E-state index contributed by atoms with van der Waals surface area (Å²) in [5.41, 5.74) is 2.19. The Bertz CT molecular complexity index is 784. The standard InChI is InChI=1S/C23H29NO4/c1-6-19(16-21(25)27-5)24(4)22(26)28-20-14-12-18(13-15-20)23(2,3)17-10-8-7-9-11-17/h7-15,19H,6,16H2,1-5H3. The van der Waals surface area contributed by atoms with Gasteiger partial charge in [0, 0.05) is 18.5 Å². The molecular formula is C23H29NO4. The molecule has 2 aromatic rings. The maximum atomic E-state index is 12.4. The SMILES string of the molecule is CCC(CC(=O)OC)N(C)C(=O)Oc1ccc(C(C)(C)c2ccccc2)cc1. The number of carbonyl (C=O) groups excluding carboxylic acids is 2.